The van der Waals surface area contributed by atoms with Crippen LogP contribution in [0.1, 0.15) is 20.3 Å². The molecule has 0 bridgehead atoms. The summed E-state index contributed by atoms with van der Waals surface area (Å²) in [5.74, 6) is 0.551. The smallest absolute Gasteiger partial charge is 0.287 e. The molecular formula is C15H25ClN4O. The Bertz CT molecular complexity index is 515. The van der Waals surface area contributed by atoms with Gasteiger partial charge in [0.2, 0.25) is 0 Å². The highest BCUT2D eigenvalue weighted by atomic mass is 35.5. The van der Waals surface area contributed by atoms with Crippen LogP contribution < -0.4 is 10.9 Å². The molecule has 1 N–H and O–H groups in total. The molecule has 1 heterocycles. The zero-order chi connectivity index (χ0) is 16.0. The Hall–Kier alpha value is -1.33. The van der Waals surface area contributed by atoms with Gasteiger partial charge in [-0.15, -0.1) is 6.58 Å². The molecule has 1 aromatic rings. The van der Waals surface area contributed by atoms with Gasteiger partial charge in [-0.1, -0.05) is 31.5 Å². The van der Waals surface area contributed by atoms with Gasteiger partial charge in [-0.3, -0.25) is 4.79 Å². The minimum Gasteiger partial charge on any atom is -0.378 e. The number of nitrogens with one attached hydrogen (secondary N) is 1. The van der Waals surface area contributed by atoms with Crippen LogP contribution in [0.25, 0.3) is 0 Å². The van der Waals surface area contributed by atoms with E-state index in [-0.39, 0.29) is 16.6 Å². The van der Waals surface area contributed by atoms with E-state index in [1.54, 1.807) is 12.3 Å². The highest BCUT2D eigenvalue weighted by molar-refractivity contribution is 6.32. The van der Waals surface area contributed by atoms with E-state index in [9.17, 15) is 4.79 Å². The average molecular weight is 313 g/mol. The van der Waals surface area contributed by atoms with Crippen molar-refractivity contribution < 1.29 is 0 Å². The lowest BCUT2D eigenvalue weighted by molar-refractivity contribution is 0.356. The van der Waals surface area contributed by atoms with Crippen LogP contribution in [0.4, 0.5) is 5.69 Å². The topological polar surface area (TPSA) is 50.2 Å². The summed E-state index contributed by atoms with van der Waals surface area (Å²) >= 11 is 6.17. The van der Waals surface area contributed by atoms with Crippen molar-refractivity contribution in [1.82, 2.24) is 14.7 Å². The minimum atomic E-state index is -0.297. The van der Waals surface area contributed by atoms with Crippen LogP contribution in [-0.4, -0.2) is 41.4 Å². The highest BCUT2D eigenvalue weighted by Crippen LogP contribution is 2.19. The van der Waals surface area contributed by atoms with Crippen molar-refractivity contribution in [3.05, 3.63) is 34.2 Å². The van der Waals surface area contributed by atoms with E-state index in [1.807, 2.05) is 14.1 Å². The summed E-state index contributed by atoms with van der Waals surface area (Å²) < 4.78 is 1.30. The summed E-state index contributed by atoms with van der Waals surface area (Å²) in [6.45, 7) is 9.16. The maximum atomic E-state index is 12.1. The molecule has 0 amide bonds. The van der Waals surface area contributed by atoms with E-state index in [4.69, 9.17) is 11.6 Å². The molecule has 0 aliphatic rings. The molecule has 0 fully saturated rings. The van der Waals surface area contributed by atoms with E-state index >= 15 is 0 Å². The highest BCUT2D eigenvalue weighted by Gasteiger charge is 2.16. The number of likely N-dealkylation sites (N-methyl/N-ethyl adjacent to an activating group) is 1. The van der Waals surface area contributed by atoms with Gasteiger partial charge in [-0.25, -0.2) is 4.68 Å². The summed E-state index contributed by atoms with van der Waals surface area (Å²) in [5.41, 5.74) is 0.296. The third-order valence-electron chi connectivity index (χ3n) is 2.99. The number of aromatic nitrogens is 2. The van der Waals surface area contributed by atoms with E-state index in [0.29, 0.717) is 18.2 Å². The second kappa shape index (κ2) is 8.20. The molecule has 5 nitrogen and oxygen atoms in total. The number of rotatable bonds is 8. The van der Waals surface area contributed by atoms with E-state index < -0.39 is 0 Å². The number of anilines is 1. The summed E-state index contributed by atoms with van der Waals surface area (Å²) in [4.78, 5) is 14.2. The molecule has 1 unspecified atom stereocenters. The molecule has 1 aromatic heterocycles. The number of hydrogen-bond acceptors (Lipinski definition) is 4. The Labute approximate surface area is 131 Å². The number of halogens is 1. The van der Waals surface area contributed by atoms with Crippen LogP contribution in [0.3, 0.4) is 0 Å². The van der Waals surface area contributed by atoms with Crippen LogP contribution in [0.15, 0.2) is 23.6 Å². The van der Waals surface area contributed by atoms with Gasteiger partial charge in [0.05, 0.1) is 18.4 Å². The normalized spacial score (nSPS) is 12.7. The van der Waals surface area contributed by atoms with Crippen molar-refractivity contribution in [1.29, 1.82) is 0 Å². The number of hydrogen-bond donors (Lipinski definition) is 1. The Morgan fingerprint density at radius 2 is 2.19 bits per heavy atom. The summed E-state index contributed by atoms with van der Waals surface area (Å²) in [5, 5.41) is 7.64. The predicted molar refractivity (Wildman–Crippen MR) is 89.1 cm³/mol. The Kier molecular flexibility index (Phi) is 6.92. The molecule has 0 spiro atoms. The van der Waals surface area contributed by atoms with Crippen molar-refractivity contribution in [3.8, 4) is 0 Å². The maximum Gasteiger partial charge on any atom is 0.287 e. The summed E-state index contributed by atoms with van der Waals surface area (Å²) in [6.07, 6.45) is 4.21. The van der Waals surface area contributed by atoms with Crippen LogP contribution in [0.5, 0.6) is 0 Å². The zero-order valence-electron chi connectivity index (χ0n) is 13.3. The monoisotopic (exact) mass is 312 g/mol. The van der Waals surface area contributed by atoms with Gasteiger partial charge < -0.3 is 10.2 Å². The lowest BCUT2D eigenvalue weighted by atomic mass is 10.0. The lowest BCUT2D eigenvalue weighted by Gasteiger charge is -2.25. The first kappa shape index (κ1) is 17.7. The van der Waals surface area contributed by atoms with Gasteiger partial charge in [0, 0.05) is 12.6 Å². The van der Waals surface area contributed by atoms with Gasteiger partial charge in [0.1, 0.15) is 5.02 Å². The van der Waals surface area contributed by atoms with Crippen molar-refractivity contribution in [2.24, 2.45) is 5.92 Å². The zero-order valence-corrected chi connectivity index (χ0v) is 14.0. The SMILES string of the molecule is C=CCn1ncc(NC(CC(C)C)CN(C)C)c(Cl)c1=O. The fraction of sp³-hybridized carbons (Fsp3) is 0.600. The number of nitrogens with zero attached hydrogens (tertiary/aromatic N) is 3. The molecule has 21 heavy (non-hydrogen) atoms. The Morgan fingerprint density at radius 1 is 1.52 bits per heavy atom. The fourth-order valence-electron chi connectivity index (χ4n) is 2.23. The molecule has 1 atom stereocenters. The van der Waals surface area contributed by atoms with Crippen molar-refractivity contribution in [2.45, 2.75) is 32.9 Å². The van der Waals surface area contributed by atoms with Crippen molar-refractivity contribution >= 4 is 17.3 Å². The molecule has 0 aliphatic heterocycles. The first-order chi connectivity index (χ1) is 9.85. The lowest BCUT2D eigenvalue weighted by Crippen LogP contribution is -2.34. The summed E-state index contributed by atoms with van der Waals surface area (Å²) in [7, 11) is 4.05. The molecular weight excluding hydrogens is 288 g/mol. The van der Waals surface area contributed by atoms with Gasteiger partial charge >= 0.3 is 0 Å². The maximum absolute atomic E-state index is 12.1. The largest absolute Gasteiger partial charge is 0.378 e. The van der Waals surface area contributed by atoms with Crippen LogP contribution in [0.2, 0.25) is 5.02 Å². The summed E-state index contributed by atoms with van der Waals surface area (Å²) in [6, 6.07) is 0.217. The molecule has 0 aliphatic carbocycles. The molecule has 1 rings (SSSR count). The molecule has 118 valence electrons. The number of allylic oxidation sites excluding steroid dienone is 1. The van der Waals surface area contributed by atoms with Crippen LogP contribution >= 0.6 is 11.6 Å². The molecule has 0 radical (unpaired) electrons. The standard InChI is InChI=1S/C15H25ClN4O/c1-6-7-20-15(21)14(16)13(9-17-20)18-12(8-11(2)3)10-19(4)5/h6,9,11-12,18H,1,7-8,10H2,2-5H3. The third-order valence-corrected chi connectivity index (χ3v) is 3.35. The molecule has 0 saturated carbocycles. The molecule has 0 aromatic carbocycles. The predicted octanol–water partition coefficient (Wildman–Crippen LogP) is 2.47. The third kappa shape index (κ3) is 5.52. The van der Waals surface area contributed by atoms with E-state index in [1.165, 1.54) is 4.68 Å². The van der Waals surface area contributed by atoms with Crippen LogP contribution in [-0.2, 0) is 6.54 Å². The fourth-order valence-corrected chi connectivity index (χ4v) is 2.43. The minimum absolute atomic E-state index is 0.180. The van der Waals surface area contributed by atoms with E-state index in [2.05, 4.69) is 35.7 Å². The Morgan fingerprint density at radius 3 is 2.71 bits per heavy atom. The average Bonchev–Trinajstić information content (AvgIpc) is 2.37. The second-order valence-electron chi connectivity index (χ2n) is 5.88. The quantitative estimate of drug-likeness (QED) is 0.749. The Balaban J connectivity index is 2.95. The van der Waals surface area contributed by atoms with Gasteiger partial charge in [0.25, 0.3) is 5.56 Å². The van der Waals surface area contributed by atoms with Crippen LogP contribution in [0, 0.1) is 5.92 Å². The van der Waals surface area contributed by atoms with E-state index in [0.717, 1.165) is 13.0 Å². The first-order valence-corrected chi connectivity index (χ1v) is 7.50. The molecule has 0 saturated heterocycles. The van der Waals surface area contributed by atoms with Crippen molar-refractivity contribution in [3.63, 3.8) is 0 Å². The van der Waals surface area contributed by atoms with Gasteiger partial charge in [0.15, 0.2) is 0 Å². The molecule has 6 heteroatoms. The van der Waals surface area contributed by atoms with Gasteiger partial charge in [-0.2, -0.15) is 5.10 Å². The second-order valence-corrected chi connectivity index (χ2v) is 6.26. The van der Waals surface area contributed by atoms with Gasteiger partial charge in [-0.05, 0) is 26.4 Å². The van der Waals surface area contributed by atoms with Crippen molar-refractivity contribution in [2.75, 3.05) is 26.0 Å². The first-order valence-electron chi connectivity index (χ1n) is 7.13.